The van der Waals surface area contributed by atoms with E-state index in [-0.39, 0.29) is 0 Å². The SMILES string of the molecule is Cc1cc(Cl)ccc1OCCC1COCCN1. The zero-order chi connectivity index (χ0) is 12.1. The van der Waals surface area contributed by atoms with Gasteiger partial charge in [0.2, 0.25) is 0 Å². The Balaban J connectivity index is 1.77. The molecular weight excluding hydrogens is 238 g/mol. The van der Waals surface area contributed by atoms with E-state index in [1.54, 1.807) is 0 Å². The van der Waals surface area contributed by atoms with Gasteiger partial charge in [0.1, 0.15) is 5.75 Å². The molecule has 1 fully saturated rings. The number of aryl methyl sites for hydroxylation is 1. The summed E-state index contributed by atoms with van der Waals surface area (Å²) in [4.78, 5) is 0. The summed E-state index contributed by atoms with van der Waals surface area (Å²) in [6, 6.07) is 6.10. The van der Waals surface area contributed by atoms with E-state index >= 15 is 0 Å². The maximum absolute atomic E-state index is 5.89. The molecule has 4 heteroatoms. The normalized spacial score (nSPS) is 20.2. The molecule has 0 spiro atoms. The maximum atomic E-state index is 5.89. The van der Waals surface area contributed by atoms with Gasteiger partial charge in [-0.1, -0.05) is 11.6 Å². The number of benzene rings is 1. The first-order chi connectivity index (χ1) is 8.25. The van der Waals surface area contributed by atoms with Gasteiger partial charge in [-0.15, -0.1) is 0 Å². The highest BCUT2D eigenvalue weighted by Gasteiger charge is 2.12. The Morgan fingerprint density at radius 1 is 1.53 bits per heavy atom. The maximum Gasteiger partial charge on any atom is 0.122 e. The standard InChI is InChI=1S/C13H18ClNO2/c1-10-8-11(14)2-3-13(10)17-6-4-12-9-16-7-5-15-12/h2-3,8,12,15H,4-7,9H2,1H3. The Morgan fingerprint density at radius 3 is 3.12 bits per heavy atom. The van der Waals surface area contributed by atoms with E-state index < -0.39 is 0 Å². The molecule has 1 N–H and O–H groups in total. The van der Waals surface area contributed by atoms with E-state index in [2.05, 4.69) is 5.32 Å². The van der Waals surface area contributed by atoms with Crippen molar-refractivity contribution in [3.63, 3.8) is 0 Å². The lowest BCUT2D eigenvalue weighted by Gasteiger charge is -2.23. The number of rotatable bonds is 4. The minimum absolute atomic E-state index is 0.413. The van der Waals surface area contributed by atoms with Crippen LogP contribution in [0.1, 0.15) is 12.0 Å². The van der Waals surface area contributed by atoms with Gasteiger partial charge in [0.15, 0.2) is 0 Å². The molecule has 0 bridgehead atoms. The second-order valence-electron chi connectivity index (χ2n) is 4.27. The molecule has 1 aliphatic heterocycles. The minimum atomic E-state index is 0.413. The highest BCUT2D eigenvalue weighted by atomic mass is 35.5. The molecule has 1 aromatic rings. The van der Waals surface area contributed by atoms with Crippen LogP contribution in [0.25, 0.3) is 0 Å². The van der Waals surface area contributed by atoms with E-state index in [1.807, 2.05) is 25.1 Å². The summed E-state index contributed by atoms with van der Waals surface area (Å²) >= 11 is 5.89. The third-order valence-electron chi connectivity index (χ3n) is 2.86. The molecule has 0 aromatic heterocycles. The lowest BCUT2D eigenvalue weighted by molar-refractivity contribution is 0.0691. The lowest BCUT2D eigenvalue weighted by atomic mass is 10.2. The first-order valence-corrected chi connectivity index (χ1v) is 6.33. The van der Waals surface area contributed by atoms with Crippen molar-refractivity contribution in [1.82, 2.24) is 5.32 Å². The predicted molar refractivity (Wildman–Crippen MR) is 68.9 cm³/mol. The molecule has 17 heavy (non-hydrogen) atoms. The smallest absolute Gasteiger partial charge is 0.122 e. The van der Waals surface area contributed by atoms with Gasteiger partial charge >= 0.3 is 0 Å². The predicted octanol–water partition coefficient (Wildman–Crippen LogP) is 2.41. The van der Waals surface area contributed by atoms with Crippen molar-refractivity contribution in [3.8, 4) is 5.75 Å². The molecule has 0 radical (unpaired) electrons. The first-order valence-electron chi connectivity index (χ1n) is 5.96. The Labute approximate surface area is 107 Å². The van der Waals surface area contributed by atoms with Crippen molar-refractivity contribution in [3.05, 3.63) is 28.8 Å². The third-order valence-corrected chi connectivity index (χ3v) is 3.09. The summed E-state index contributed by atoms with van der Waals surface area (Å²) in [7, 11) is 0. The minimum Gasteiger partial charge on any atom is -0.493 e. The topological polar surface area (TPSA) is 30.5 Å². The fourth-order valence-corrected chi connectivity index (χ4v) is 2.12. The van der Waals surface area contributed by atoms with Crippen molar-refractivity contribution in [2.75, 3.05) is 26.4 Å². The van der Waals surface area contributed by atoms with Crippen LogP contribution in [0.3, 0.4) is 0 Å². The van der Waals surface area contributed by atoms with Crippen molar-refractivity contribution in [2.24, 2.45) is 0 Å². The van der Waals surface area contributed by atoms with Gasteiger partial charge in [-0.25, -0.2) is 0 Å². The van der Waals surface area contributed by atoms with Crippen LogP contribution in [0.15, 0.2) is 18.2 Å². The van der Waals surface area contributed by atoms with E-state index in [1.165, 1.54) is 0 Å². The van der Waals surface area contributed by atoms with Crippen molar-refractivity contribution in [1.29, 1.82) is 0 Å². The van der Waals surface area contributed by atoms with Gasteiger partial charge in [-0.3, -0.25) is 0 Å². The Hall–Kier alpha value is -0.770. The largest absolute Gasteiger partial charge is 0.493 e. The summed E-state index contributed by atoms with van der Waals surface area (Å²) in [6.07, 6.45) is 0.960. The lowest BCUT2D eigenvalue weighted by Crippen LogP contribution is -2.42. The Morgan fingerprint density at radius 2 is 2.41 bits per heavy atom. The average Bonchev–Trinajstić information content (AvgIpc) is 2.33. The van der Waals surface area contributed by atoms with Crippen LogP contribution in [-0.2, 0) is 4.74 Å². The molecule has 1 unspecified atom stereocenters. The fourth-order valence-electron chi connectivity index (χ4n) is 1.89. The monoisotopic (exact) mass is 255 g/mol. The Bertz CT molecular complexity index is 364. The average molecular weight is 256 g/mol. The van der Waals surface area contributed by atoms with Gasteiger partial charge < -0.3 is 14.8 Å². The summed E-state index contributed by atoms with van der Waals surface area (Å²) in [5.74, 6) is 0.908. The number of morpholine rings is 1. The van der Waals surface area contributed by atoms with Crippen molar-refractivity contribution >= 4 is 11.6 Å². The van der Waals surface area contributed by atoms with Crippen LogP contribution in [0.5, 0.6) is 5.75 Å². The molecule has 2 rings (SSSR count). The van der Waals surface area contributed by atoms with E-state index in [0.29, 0.717) is 12.6 Å². The number of hydrogen-bond acceptors (Lipinski definition) is 3. The molecule has 94 valence electrons. The summed E-state index contributed by atoms with van der Waals surface area (Å²) in [5.41, 5.74) is 1.07. The molecule has 1 aliphatic rings. The molecule has 3 nitrogen and oxygen atoms in total. The molecule has 1 heterocycles. The summed E-state index contributed by atoms with van der Waals surface area (Å²) < 4.78 is 11.1. The van der Waals surface area contributed by atoms with Crippen LogP contribution >= 0.6 is 11.6 Å². The molecule has 0 aliphatic carbocycles. The highest BCUT2D eigenvalue weighted by Crippen LogP contribution is 2.21. The van der Waals surface area contributed by atoms with Crippen LogP contribution in [0.2, 0.25) is 5.02 Å². The van der Waals surface area contributed by atoms with Crippen LogP contribution < -0.4 is 10.1 Å². The molecule has 0 amide bonds. The van der Waals surface area contributed by atoms with Gasteiger partial charge in [-0.05, 0) is 37.1 Å². The second kappa shape index (κ2) is 6.24. The van der Waals surface area contributed by atoms with Gasteiger partial charge in [0.05, 0.1) is 19.8 Å². The van der Waals surface area contributed by atoms with Crippen molar-refractivity contribution < 1.29 is 9.47 Å². The summed E-state index contributed by atoms with van der Waals surface area (Å²) in [5, 5.41) is 4.15. The zero-order valence-electron chi connectivity index (χ0n) is 10.0. The van der Waals surface area contributed by atoms with E-state index in [0.717, 1.165) is 42.5 Å². The number of hydrogen-bond donors (Lipinski definition) is 1. The molecular formula is C13H18ClNO2. The van der Waals surface area contributed by atoms with Crippen LogP contribution in [0.4, 0.5) is 0 Å². The zero-order valence-corrected chi connectivity index (χ0v) is 10.8. The quantitative estimate of drug-likeness (QED) is 0.896. The number of nitrogens with one attached hydrogen (secondary N) is 1. The van der Waals surface area contributed by atoms with E-state index in [4.69, 9.17) is 21.1 Å². The van der Waals surface area contributed by atoms with Gasteiger partial charge in [0.25, 0.3) is 0 Å². The van der Waals surface area contributed by atoms with Crippen molar-refractivity contribution in [2.45, 2.75) is 19.4 Å². The van der Waals surface area contributed by atoms with Crippen LogP contribution in [-0.4, -0.2) is 32.4 Å². The fraction of sp³-hybridized carbons (Fsp3) is 0.538. The number of halogens is 1. The summed E-state index contributed by atoms with van der Waals surface area (Å²) in [6.45, 7) is 5.23. The van der Waals surface area contributed by atoms with Gasteiger partial charge in [-0.2, -0.15) is 0 Å². The Kier molecular flexibility index (Phi) is 4.66. The second-order valence-corrected chi connectivity index (χ2v) is 4.71. The van der Waals surface area contributed by atoms with E-state index in [9.17, 15) is 0 Å². The third kappa shape index (κ3) is 3.87. The highest BCUT2D eigenvalue weighted by molar-refractivity contribution is 6.30. The molecule has 0 saturated carbocycles. The van der Waals surface area contributed by atoms with Gasteiger partial charge in [0, 0.05) is 17.6 Å². The first kappa shape index (κ1) is 12.7. The van der Waals surface area contributed by atoms with Crippen LogP contribution in [0, 0.1) is 6.92 Å². The molecule has 1 aromatic carbocycles. The molecule has 1 atom stereocenters. The number of ether oxygens (including phenoxy) is 2. The molecule has 1 saturated heterocycles.